The van der Waals surface area contributed by atoms with Crippen molar-refractivity contribution in [3.8, 4) is 0 Å². The third-order valence-corrected chi connectivity index (χ3v) is 1.35. The minimum atomic E-state index is -1.47. The van der Waals surface area contributed by atoms with Crippen LogP contribution in [0.1, 0.15) is 19.8 Å². The number of carbonyl (C=O) groups is 1. The molecule has 0 radical (unpaired) electrons. The van der Waals surface area contributed by atoms with Gasteiger partial charge in [-0.1, -0.05) is 0 Å². The molecule has 4 heteroatoms. The predicted octanol–water partition coefficient (Wildman–Crippen LogP) is -1.00. The zero-order valence-corrected chi connectivity index (χ0v) is 6.00. The summed E-state index contributed by atoms with van der Waals surface area (Å²) in [6.07, 6.45) is 0.592. The van der Waals surface area contributed by atoms with Gasteiger partial charge in [0.15, 0.2) is 0 Å². The Balaban J connectivity index is 3.75. The van der Waals surface area contributed by atoms with Crippen LogP contribution in [-0.4, -0.2) is 28.3 Å². The fourth-order valence-electron chi connectivity index (χ4n) is 0.546. The van der Waals surface area contributed by atoms with Gasteiger partial charge in [0, 0.05) is 6.61 Å². The van der Waals surface area contributed by atoms with Gasteiger partial charge in [-0.05, 0) is 19.8 Å². The molecule has 0 aliphatic carbocycles. The Morgan fingerprint density at radius 2 is 2.20 bits per heavy atom. The molecule has 0 fully saturated rings. The Hall–Kier alpha value is -0.610. The quantitative estimate of drug-likeness (QED) is 0.476. The van der Waals surface area contributed by atoms with E-state index in [0.29, 0.717) is 6.42 Å². The molecule has 0 aromatic rings. The van der Waals surface area contributed by atoms with Crippen LogP contribution in [0.15, 0.2) is 0 Å². The minimum absolute atomic E-state index is 0.0383. The van der Waals surface area contributed by atoms with Crippen molar-refractivity contribution in [2.24, 2.45) is 5.73 Å². The molecular formula is C6H13NO3. The maximum absolute atomic E-state index is 10.4. The number of carbonyl (C=O) groups excluding carboxylic acids is 1. The van der Waals surface area contributed by atoms with Crippen LogP contribution in [0.4, 0.5) is 0 Å². The highest BCUT2D eigenvalue weighted by atomic mass is 16.3. The largest absolute Gasteiger partial charge is 0.396 e. The summed E-state index contributed by atoms with van der Waals surface area (Å²) in [5, 5.41) is 17.5. The number of hydrogen-bond acceptors (Lipinski definition) is 3. The molecule has 60 valence electrons. The molecule has 10 heavy (non-hydrogen) atoms. The highest BCUT2D eigenvalue weighted by Gasteiger charge is 2.26. The van der Waals surface area contributed by atoms with Crippen molar-refractivity contribution in [1.29, 1.82) is 0 Å². The summed E-state index contributed by atoms with van der Waals surface area (Å²) in [4.78, 5) is 10.4. The second-order valence-electron chi connectivity index (χ2n) is 2.47. The molecule has 1 unspecified atom stereocenters. The van der Waals surface area contributed by atoms with E-state index in [1.807, 2.05) is 0 Å². The van der Waals surface area contributed by atoms with E-state index in [4.69, 9.17) is 15.9 Å². The van der Waals surface area contributed by atoms with Crippen LogP contribution in [0.3, 0.4) is 0 Å². The molecule has 0 bridgehead atoms. The summed E-state index contributed by atoms with van der Waals surface area (Å²) in [6.45, 7) is 1.30. The average molecular weight is 147 g/mol. The first kappa shape index (κ1) is 9.39. The number of hydrogen-bond donors (Lipinski definition) is 3. The zero-order valence-electron chi connectivity index (χ0n) is 6.00. The van der Waals surface area contributed by atoms with Crippen LogP contribution < -0.4 is 5.73 Å². The van der Waals surface area contributed by atoms with Crippen molar-refractivity contribution in [3.63, 3.8) is 0 Å². The van der Waals surface area contributed by atoms with E-state index < -0.39 is 11.5 Å². The maximum atomic E-state index is 10.4. The zero-order chi connectivity index (χ0) is 8.20. The molecule has 4 nitrogen and oxygen atoms in total. The average Bonchev–Trinajstić information content (AvgIpc) is 1.84. The first-order valence-corrected chi connectivity index (χ1v) is 3.14. The van der Waals surface area contributed by atoms with E-state index in [1.165, 1.54) is 6.92 Å². The van der Waals surface area contributed by atoms with Crippen LogP contribution in [0, 0.1) is 0 Å². The third kappa shape index (κ3) is 2.80. The van der Waals surface area contributed by atoms with E-state index in [9.17, 15) is 4.79 Å². The molecule has 0 aromatic carbocycles. The number of aliphatic hydroxyl groups is 2. The highest BCUT2D eigenvalue weighted by molar-refractivity contribution is 5.82. The van der Waals surface area contributed by atoms with Gasteiger partial charge in [-0.15, -0.1) is 0 Å². The van der Waals surface area contributed by atoms with Gasteiger partial charge in [0.2, 0.25) is 5.91 Å². The SMILES string of the molecule is CC(O)(CCCO)C(N)=O. The Labute approximate surface area is 59.7 Å². The van der Waals surface area contributed by atoms with E-state index in [-0.39, 0.29) is 13.0 Å². The Bertz CT molecular complexity index is 122. The molecule has 1 atom stereocenters. The van der Waals surface area contributed by atoms with Gasteiger partial charge < -0.3 is 15.9 Å². The molecular weight excluding hydrogens is 134 g/mol. The Morgan fingerprint density at radius 3 is 2.50 bits per heavy atom. The van der Waals surface area contributed by atoms with E-state index in [2.05, 4.69) is 0 Å². The van der Waals surface area contributed by atoms with Crippen LogP contribution in [0.2, 0.25) is 0 Å². The molecule has 4 N–H and O–H groups in total. The van der Waals surface area contributed by atoms with Crippen LogP contribution in [0.5, 0.6) is 0 Å². The first-order chi connectivity index (χ1) is 4.50. The van der Waals surface area contributed by atoms with Gasteiger partial charge in [-0.2, -0.15) is 0 Å². The lowest BCUT2D eigenvalue weighted by molar-refractivity contribution is -0.135. The van der Waals surface area contributed by atoms with Gasteiger partial charge in [-0.3, -0.25) is 4.79 Å². The number of amides is 1. The van der Waals surface area contributed by atoms with Crippen LogP contribution >= 0.6 is 0 Å². The first-order valence-electron chi connectivity index (χ1n) is 3.14. The molecule has 0 spiro atoms. The van der Waals surface area contributed by atoms with Gasteiger partial charge in [-0.25, -0.2) is 0 Å². The van der Waals surface area contributed by atoms with Gasteiger partial charge in [0.1, 0.15) is 5.60 Å². The van der Waals surface area contributed by atoms with E-state index in [1.54, 1.807) is 0 Å². The summed E-state index contributed by atoms with van der Waals surface area (Å²) in [6, 6.07) is 0. The lowest BCUT2D eigenvalue weighted by atomic mass is 10.0. The van der Waals surface area contributed by atoms with Crippen molar-refractivity contribution >= 4 is 5.91 Å². The standard InChI is InChI=1S/C6H13NO3/c1-6(10,5(7)9)3-2-4-8/h8,10H,2-4H2,1H3,(H2,7,9). The Morgan fingerprint density at radius 1 is 1.70 bits per heavy atom. The monoisotopic (exact) mass is 147 g/mol. The van der Waals surface area contributed by atoms with Crippen molar-refractivity contribution in [3.05, 3.63) is 0 Å². The molecule has 0 aromatic heterocycles. The normalized spacial score (nSPS) is 16.3. The fraction of sp³-hybridized carbons (Fsp3) is 0.833. The van der Waals surface area contributed by atoms with Crippen molar-refractivity contribution in [1.82, 2.24) is 0 Å². The molecule has 0 aliphatic rings. The lowest BCUT2D eigenvalue weighted by Crippen LogP contribution is -2.40. The summed E-state index contributed by atoms with van der Waals surface area (Å²) in [7, 11) is 0. The summed E-state index contributed by atoms with van der Waals surface area (Å²) < 4.78 is 0. The van der Waals surface area contributed by atoms with Crippen LogP contribution in [-0.2, 0) is 4.79 Å². The second kappa shape index (κ2) is 3.53. The molecule has 0 saturated carbocycles. The third-order valence-electron chi connectivity index (χ3n) is 1.35. The summed E-state index contributed by atoms with van der Waals surface area (Å²) >= 11 is 0. The molecule has 0 saturated heterocycles. The number of primary amides is 1. The van der Waals surface area contributed by atoms with Crippen molar-refractivity contribution < 1.29 is 15.0 Å². The second-order valence-corrected chi connectivity index (χ2v) is 2.47. The van der Waals surface area contributed by atoms with Gasteiger partial charge >= 0.3 is 0 Å². The van der Waals surface area contributed by atoms with Crippen LogP contribution in [0.25, 0.3) is 0 Å². The predicted molar refractivity (Wildman–Crippen MR) is 36.1 cm³/mol. The molecule has 0 aliphatic heterocycles. The molecule has 0 heterocycles. The Kier molecular flexibility index (Phi) is 3.32. The molecule has 1 amide bonds. The smallest absolute Gasteiger partial charge is 0.249 e. The number of rotatable bonds is 4. The van der Waals surface area contributed by atoms with Crippen molar-refractivity contribution in [2.75, 3.05) is 6.61 Å². The number of aliphatic hydroxyl groups excluding tert-OH is 1. The summed E-state index contributed by atoms with van der Waals surface area (Å²) in [5.74, 6) is -0.749. The van der Waals surface area contributed by atoms with E-state index >= 15 is 0 Å². The fourth-order valence-corrected chi connectivity index (χ4v) is 0.546. The van der Waals surface area contributed by atoms with Gasteiger partial charge in [0.25, 0.3) is 0 Å². The summed E-state index contributed by atoms with van der Waals surface area (Å²) in [5.41, 5.74) is 3.37. The highest BCUT2D eigenvalue weighted by Crippen LogP contribution is 2.09. The van der Waals surface area contributed by atoms with Gasteiger partial charge in [0.05, 0.1) is 0 Å². The van der Waals surface area contributed by atoms with E-state index in [0.717, 1.165) is 0 Å². The number of nitrogens with two attached hydrogens (primary N) is 1. The topological polar surface area (TPSA) is 83.6 Å². The molecule has 0 rings (SSSR count). The lowest BCUT2D eigenvalue weighted by Gasteiger charge is -2.17. The van der Waals surface area contributed by atoms with Crippen molar-refractivity contribution in [2.45, 2.75) is 25.4 Å². The minimum Gasteiger partial charge on any atom is -0.396 e. The maximum Gasteiger partial charge on any atom is 0.249 e.